The van der Waals surface area contributed by atoms with Gasteiger partial charge in [0.05, 0.1) is 34.3 Å². The van der Waals surface area contributed by atoms with Gasteiger partial charge in [-0.1, -0.05) is 35.9 Å². The highest BCUT2D eigenvalue weighted by molar-refractivity contribution is 6.33. The number of nitrogens with zero attached hydrogens (tertiary/aromatic N) is 5. The number of aliphatic imine (C=N–C) groups is 1. The molecule has 0 aliphatic carbocycles. The summed E-state index contributed by atoms with van der Waals surface area (Å²) < 4.78 is 1.75. The van der Waals surface area contributed by atoms with Gasteiger partial charge in [-0.15, -0.1) is 0 Å². The highest BCUT2D eigenvalue weighted by Gasteiger charge is 2.17. The van der Waals surface area contributed by atoms with Crippen LogP contribution in [0.15, 0.2) is 72.1 Å². The van der Waals surface area contributed by atoms with Crippen molar-refractivity contribution in [2.24, 2.45) is 4.99 Å². The average Bonchev–Trinajstić information content (AvgIpc) is 3.42. The number of hydrogen-bond acceptors (Lipinski definition) is 5. The van der Waals surface area contributed by atoms with E-state index in [1.165, 1.54) is 0 Å². The maximum absolute atomic E-state index is 6.30. The molecule has 3 aromatic heterocycles. The van der Waals surface area contributed by atoms with Crippen molar-refractivity contribution >= 4 is 34.3 Å². The lowest BCUT2D eigenvalue weighted by molar-refractivity contribution is 0.960. The van der Waals surface area contributed by atoms with Crippen molar-refractivity contribution in [3.63, 3.8) is 0 Å². The Balaban J connectivity index is 1.56. The molecule has 0 saturated heterocycles. The van der Waals surface area contributed by atoms with Crippen molar-refractivity contribution in [1.82, 2.24) is 24.6 Å². The SMILES string of the molecule is CC1=N/C(c2[nH]c(CNc3ccccc3Cl)nc2-c2ccc3ncnn3c2)=CCC/C=C\1. The summed E-state index contributed by atoms with van der Waals surface area (Å²) in [6.07, 6.45) is 11.7. The third-order valence-electron chi connectivity index (χ3n) is 5.20. The van der Waals surface area contributed by atoms with Crippen molar-refractivity contribution in [2.75, 3.05) is 5.32 Å². The first-order chi connectivity index (χ1) is 15.7. The molecule has 1 aliphatic heterocycles. The number of pyridine rings is 1. The Bertz CT molecular complexity index is 1360. The van der Waals surface area contributed by atoms with Crippen LogP contribution in [0.1, 0.15) is 31.3 Å². The van der Waals surface area contributed by atoms with Crippen LogP contribution in [0.4, 0.5) is 5.69 Å². The van der Waals surface area contributed by atoms with E-state index in [1.807, 2.05) is 49.5 Å². The van der Waals surface area contributed by atoms with Crippen molar-refractivity contribution in [3.8, 4) is 11.3 Å². The summed E-state index contributed by atoms with van der Waals surface area (Å²) in [5, 5.41) is 8.30. The van der Waals surface area contributed by atoms with Crippen molar-refractivity contribution in [2.45, 2.75) is 26.3 Å². The number of benzene rings is 1. The number of allylic oxidation sites excluding steroid dienone is 3. The lowest BCUT2D eigenvalue weighted by Crippen LogP contribution is -2.01. The first-order valence-corrected chi connectivity index (χ1v) is 10.8. The molecule has 0 fully saturated rings. The summed E-state index contributed by atoms with van der Waals surface area (Å²) in [6, 6.07) is 11.6. The summed E-state index contributed by atoms with van der Waals surface area (Å²) >= 11 is 6.30. The van der Waals surface area contributed by atoms with Gasteiger partial charge in [0, 0.05) is 17.5 Å². The van der Waals surface area contributed by atoms with E-state index in [9.17, 15) is 0 Å². The minimum Gasteiger partial charge on any atom is -0.377 e. The Kier molecular flexibility index (Phi) is 5.56. The standard InChI is InChI=1S/C24H22ClN7/c1-16-7-3-2-4-10-20(29-16)24-23(17-11-12-22-27-15-28-32(22)14-17)30-21(31-24)13-26-19-9-6-5-8-18(19)25/h3,5-12,14-15,26H,2,4,13H2,1H3,(H,30,31)/b7-3-,20-10?,29-16-. The van der Waals surface area contributed by atoms with Gasteiger partial charge in [-0.25, -0.2) is 14.5 Å². The fourth-order valence-electron chi connectivity index (χ4n) is 3.64. The van der Waals surface area contributed by atoms with E-state index in [2.05, 4.69) is 38.6 Å². The normalized spacial score (nSPS) is 16.7. The molecule has 0 radical (unpaired) electrons. The van der Waals surface area contributed by atoms with E-state index in [-0.39, 0.29) is 0 Å². The largest absolute Gasteiger partial charge is 0.377 e. The number of imidazole rings is 1. The van der Waals surface area contributed by atoms with Gasteiger partial charge >= 0.3 is 0 Å². The molecule has 1 aromatic carbocycles. The van der Waals surface area contributed by atoms with E-state index in [1.54, 1.807) is 10.8 Å². The van der Waals surface area contributed by atoms with Gasteiger partial charge < -0.3 is 10.3 Å². The van der Waals surface area contributed by atoms with Gasteiger partial charge in [-0.3, -0.25) is 4.99 Å². The van der Waals surface area contributed by atoms with Crippen molar-refractivity contribution < 1.29 is 0 Å². The molecule has 160 valence electrons. The van der Waals surface area contributed by atoms with Crippen LogP contribution in [0, 0.1) is 0 Å². The quantitative estimate of drug-likeness (QED) is 0.424. The van der Waals surface area contributed by atoms with Crippen LogP contribution >= 0.6 is 11.6 Å². The maximum atomic E-state index is 6.30. The highest BCUT2D eigenvalue weighted by atomic mass is 35.5. The van der Waals surface area contributed by atoms with Crippen LogP contribution in [0.3, 0.4) is 0 Å². The predicted octanol–water partition coefficient (Wildman–Crippen LogP) is 5.54. The van der Waals surface area contributed by atoms with Crippen LogP contribution in [-0.2, 0) is 6.54 Å². The zero-order chi connectivity index (χ0) is 21.9. The second kappa shape index (κ2) is 8.80. The molecule has 0 unspecified atom stereocenters. The highest BCUT2D eigenvalue weighted by Crippen LogP contribution is 2.30. The number of hydrogen-bond donors (Lipinski definition) is 2. The number of aromatic nitrogens is 5. The maximum Gasteiger partial charge on any atom is 0.155 e. The summed E-state index contributed by atoms with van der Waals surface area (Å²) in [7, 11) is 0. The Morgan fingerprint density at radius 2 is 2.06 bits per heavy atom. The zero-order valence-electron chi connectivity index (χ0n) is 17.6. The van der Waals surface area contributed by atoms with Crippen LogP contribution in [-0.4, -0.2) is 30.3 Å². The molecular formula is C24H22ClN7. The smallest absolute Gasteiger partial charge is 0.155 e. The van der Waals surface area contributed by atoms with Gasteiger partial charge in [0.2, 0.25) is 0 Å². The topological polar surface area (TPSA) is 83.3 Å². The molecule has 5 rings (SSSR count). The predicted molar refractivity (Wildman–Crippen MR) is 129 cm³/mol. The zero-order valence-corrected chi connectivity index (χ0v) is 18.3. The summed E-state index contributed by atoms with van der Waals surface area (Å²) in [5.74, 6) is 0.792. The van der Waals surface area contributed by atoms with E-state index in [4.69, 9.17) is 21.6 Å². The number of halogens is 1. The van der Waals surface area contributed by atoms with Gasteiger partial charge in [0.25, 0.3) is 0 Å². The molecule has 32 heavy (non-hydrogen) atoms. The lowest BCUT2D eigenvalue weighted by atomic mass is 10.1. The molecule has 0 atom stereocenters. The number of para-hydroxylation sites is 1. The second-order valence-electron chi connectivity index (χ2n) is 7.54. The Hall–Kier alpha value is -3.71. The van der Waals surface area contributed by atoms with Crippen molar-refractivity contribution in [1.29, 1.82) is 0 Å². The molecule has 2 N–H and O–H groups in total. The number of nitrogens with one attached hydrogen (secondary N) is 2. The minimum absolute atomic E-state index is 0.498. The summed E-state index contributed by atoms with van der Waals surface area (Å²) in [4.78, 5) is 17.5. The lowest BCUT2D eigenvalue weighted by Gasteiger charge is -2.07. The second-order valence-corrected chi connectivity index (χ2v) is 7.95. The number of aromatic amines is 1. The number of fused-ring (bicyclic) bond motifs is 1. The fourth-order valence-corrected chi connectivity index (χ4v) is 3.84. The third kappa shape index (κ3) is 4.20. The van der Waals surface area contributed by atoms with E-state index >= 15 is 0 Å². The van der Waals surface area contributed by atoms with E-state index < -0.39 is 0 Å². The molecule has 0 saturated carbocycles. The first kappa shape index (κ1) is 20.2. The number of anilines is 1. The van der Waals surface area contributed by atoms with Crippen LogP contribution in [0.25, 0.3) is 22.6 Å². The molecule has 0 bridgehead atoms. The minimum atomic E-state index is 0.498. The summed E-state index contributed by atoms with van der Waals surface area (Å²) in [6.45, 7) is 2.51. The van der Waals surface area contributed by atoms with Gasteiger partial charge in [-0.05, 0) is 50.1 Å². The molecule has 0 amide bonds. The number of rotatable bonds is 5. The molecule has 1 aliphatic rings. The Labute approximate surface area is 190 Å². The van der Waals surface area contributed by atoms with Gasteiger partial charge in [0.15, 0.2) is 5.65 Å². The molecular weight excluding hydrogens is 422 g/mol. The molecule has 4 aromatic rings. The monoisotopic (exact) mass is 443 g/mol. The fraction of sp³-hybridized carbons (Fsp3) is 0.167. The molecule has 0 spiro atoms. The third-order valence-corrected chi connectivity index (χ3v) is 5.53. The Morgan fingerprint density at radius 3 is 2.97 bits per heavy atom. The molecule has 4 heterocycles. The first-order valence-electron chi connectivity index (χ1n) is 10.5. The van der Waals surface area contributed by atoms with Crippen LogP contribution in [0.5, 0.6) is 0 Å². The average molecular weight is 444 g/mol. The van der Waals surface area contributed by atoms with Gasteiger partial charge in [0.1, 0.15) is 12.2 Å². The Morgan fingerprint density at radius 1 is 1.16 bits per heavy atom. The van der Waals surface area contributed by atoms with Crippen molar-refractivity contribution in [3.05, 3.63) is 83.7 Å². The van der Waals surface area contributed by atoms with Gasteiger partial charge in [-0.2, -0.15) is 5.10 Å². The van der Waals surface area contributed by atoms with E-state index in [0.717, 1.165) is 58.4 Å². The van der Waals surface area contributed by atoms with Crippen LogP contribution < -0.4 is 5.32 Å². The molecule has 8 heteroatoms. The summed E-state index contributed by atoms with van der Waals surface area (Å²) in [5.41, 5.74) is 6.14. The van der Waals surface area contributed by atoms with E-state index in [0.29, 0.717) is 11.6 Å². The number of H-pyrrole nitrogens is 1. The van der Waals surface area contributed by atoms with Crippen LogP contribution in [0.2, 0.25) is 5.02 Å². The molecule has 7 nitrogen and oxygen atoms in total.